The lowest BCUT2D eigenvalue weighted by Gasteiger charge is -2.22. The van der Waals surface area contributed by atoms with Crippen molar-refractivity contribution in [1.29, 1.82) is 0 Å². The molecular weight excluding hydrogens is 396 g/mol. The molecular formula is C20H19BrN2OS. The number of anilines is 1. The van der Waals surface area contributed by atoms with E-state index < -0.39 is 0 Å². The summed E-state index contributed by atoms with van der Waals surface area (Å²) in [6.45, 7) is 1.89. The Kier molecular flexibility index (Phi) is 6.02. The van der Waals surface area contributed by atoms with Crippen molar-refractivity contribution in [3.63, 3.8) is 0 Å². The number of benzene rings is 2. The first-order chi connectivity index (χ1) is 12.1. The molecule has 3 rings (SSSR count). The van der Waals surface area contributed by atoms with E-state index in [0.717, 1.165) is 15.7 Å². The van der Waals surface area contributed by atoms with Crippen molar-refractivity contribution in [2.24, 2.45) is 0 Å². The lowest BCUT2D eigenvalue weighted by molar-refractivity contribution is -0.117. The van der Waals surface area contributed by atoms with Gasteiger partial charge in [-0.2, -0.15) is 0 Å². The minimum atomic E-state index is -0.337. The number of hydrogen-bond acceptors (Lipinski definition) is 3. The van der Waals surface area contributed by atoms with E-state index in [-0.39, 0.29) is 18.0 Å². The van der Waals surface area contributed by atoms with Gasteiger partial charge in [-0.25, -0.2) is 0 Å². The number of thiophene rings is 1. The summed E-state index contributed by atoms with van der Waals surface area (Å²) in [4.78, 5) is 13.7. The molecule has 1 heterocycles. The fraction of sp³-hybridized carbons (Fsp3) is 0.150. The molecule has 0 saturated heterocycles. The maximum absolute atomic E-state index is 12.6. The SMILES string of the molecule is C[C@H](N[C@H](c1ccccc1)c1cccs1)C(=O)Nc1ccc(Br)cc1. The van der Waals surface area contributed by atoms with Crippen LogP contribution in [0.2, 0.25) is 0 Å². The van der Waals surface area contributed by atoms with Crippen LogP contribution in [-0.2, 0) is 4.79 Å². The van der Waals surface area contributed by atoms with Gasteiger partial charge in [0.15, 0.2) is 0 Å². The van der Waals surface area contributed by atoms with Gasteiger partial charge in [-0.1, -0.05) is 52.3 Å². The number of halogens is 1. The molecule has 128 valence electrons. The molecule has 0 bridgehead atoms. The van der Waals surface area contributed by atoms with Gasteiger partial charge in [-0.15, -0.1) is 11.3 Å². The van der Waals surface area contributed by atoms with Crippen LogP contribution in [0.1, 0.15) is 23.4 Å². The molecule has 0 aliphatic rings. The van der Waals surface area contributed by atoms with E-state index in [1.807, 2.05) is 55.5 Å². The van der Waals surface area contributed by atoms with Gasteiger partial charge in [0.2, 0.25) is 5.91 Å². The molecule has 0 spiro atoms. The number of carbonyl (C=O) groups excluding carboxylic acids is 1. The van der Waals surface area contributed by atoms with Crippen LogP contribution in [-0.4, -0.2) is 11.9 Å². The first-order valence-electron chi connectivity index (χ1n) is 8.04. The molecule has 0 saturated carbocycles. The van der Waals surface area contributed by atoms with Crippen molar-refractivity contribution in [3.05, 3.63) is 87.0 Å². The quantitative estimate of drug-likeness (QED) is 0.580. The molecule has 0 aliphatic carbocycles. The predicted octanol–water partition coefficient (Wildman–Crippen LogP) is 5.22. The second-order valence-corrected chi connectivity index (χ2v) is 7.64. The summed E-state index contributed by atoms with van der Waals surface area (Å²) in [6.07, 6.45) is 0. The van der Waals surface area contributed by atoms with Gasteiger partial charge in [-0.05, 0) is 48.2 Å². The number of hydrogen-bond donors (Lipinski definition) is 2. The predicted molar refractivity (Wildman–Crippen MR) is 108 cm³/mol. The van der Waals surface area contributed by atoms with Crippen molar-refractivity contribution in [1.82, 2.24) is 5.32 Å². The third kappa shape index (κ3) is 4.78. The number of nitrogens with one attached hydrogen (secondary N) is 2. The average molecular weight is 415 g/mol. The Morgan fingerprint density at radius 1 is 1.00 bits per heavy atom. The van der Waals surface area contributed by atoms with Crippen LogP contribution < -0.4 is 10.6 Å². The molecule has 2 aromatic carbocycles. The molecule has 1 amide bonds. The second-order valence-electron chi connectivity index (χ2n) is 5.74. The summed E-state index contributed by atoms with van der Waals surface area (Å²) in [5, 5.41) is 8.46. The molecule has 2 N–H and O–H groups in total. The smallest absolute Gasteiger partial charge is 0.241 e. The molecule has 2 atom stereocenters. The van der Waals surface area contributed by atoms with Crippen molar-refractivity contribution in [3.8, 4) is 0 Å². The fourth-order valence-corrected chi connectivity index (χ4v) is 3.63. The monoisotopic (exact) mass is 414 g/mol. The standard InChI is InChI=1S/C20H19BrN2OS/c1-14(20(24)23-17-11-9-16(21)10-12-17)22-19(18-8-5-13-25-18)15-6-3-2-4-7-15/h2-14,19,22H,1H3,(H,23,24)/t14-,19+/m0/s1. The van der Waals surface area contributed by atoms with Crippen LogP contribution in [0.3, 0.4) is 0 Å². The van der Waals surface area contributed by atoms with Gasteiger partial charge < -0.3 is 5.32 Å². The van der Waals surface area contributed by atoms with E-state index in [1.165, 1.54) is 4.88 Å². The number of amides is 1. The van der Waals surface area contributed by atoms with Crippen LogP contribution in [0, 0.1) is 0 Å². The molecule has 0 aliphatic heterocycles. The Hall–Kier alpha value is -1.95. The Balaban J connectivity index is 1.72. The Bertz CT molecular complexity index is 803. The molecule has 3 aromatic rings. The van der Waals surface area contributed by atoms with Crippen LogP contribution in [0.4, 0.5) is 5.69 Å². The molecule has 25 heavy (non-hydrogen) atoms. The second kappa shape index (κ2) is 8.43. The Morgan fingerprint density at radius 2 is 1.72 bits per heavy atom. The lowest BCUT2D eigenvalue weighted by atomic mass is 10.0. The van der Waals surface area contributed by atoms with Crippen LogP contribution in [0.15, 0.2) is 76.6 Å². The Morgan fingerprint density at radius 3 is 2.36 bits per heavy atom. The number of rotatable bonds is 6. The van der Waals surface area contributed by atoms with E-state index in [9.17, 15) is 4.79 Å². The highest BCUT2D eigenvalue weighted by Crippen LogP contribution is 2.26. The molecule has 1 aromatic heterocycles. The van der Waals surface area contributed by atoms with E-state index in [4.69, 9.17) is 0 Å². The molecule has 5 heteroatoms. The summed E-state index contributed by atoms with van der Waals surface area (Å²) in [7, 11) is 0. The van der Waals surface area contributed by atoms with Crippen LogP contribution in [0.5, 0.6) is 0 Å². The van der Waals surface area contributed by atoms with Crippen molar-refractivity contribution < 1.29 is 4.79 Å². The zero-order valence-electron chi connectivity index (χ0n) is 13.8. The minimum Gasteiger partial charge on any atom is -0.325 e. The van der Waals surface area contributed by atoms with Crippen molar-refractivity contribution >= 4 is 38.9 Å². The first-order valence-corrected chi connectivity index (χ1v) is 9.71. The zero-order valence-corrected chi connectivity index (χ0v) is 16.2. The van der Waals surface area contributed by atoms with Crippen molar-refractivity contribution in [2.75, 3.05) is 5.32 Å². The van der Waals surface area contributed by atoms with Gasteiger partial charge in [0, 0.05) is 15.0 Å². The molecule has 3 nitrogen and oxygen atoms in total. The van der Waals surface area contributed by atoms with Gasteiger partial charge in [0.05, 0.1) is 12.1 Å². The Labute approximate surface area is 160 Å². The van der Waals surface area contributed by atoms with Gasteiger partial charge in [0.25, 0.3) is 0 Å². The summed E-state index contributed by atoms with van der Waals surface area (Å²) < 4.78 is 0.985. The largest absolute Gasteiger partial charge is 0.325 e. The van der Waals surface area contributed by atoms with Gasteiger partial charge in [0.1, 0.15) is 0 Å². The van der Waals surface area contributed by atoms with Crippen LogP contribution >= 0.6 is 27.3 Å². The average Bonchev–Trinajstić information content (AvgIpc) is 3.16. The maximum atomic E-state index is 12.6. The van der Waals surface area contributed by atoms with Crippen LogP contribution in [0.25, 0.3) is 0 Å². The third-order valence-corrected chi connectivity index (χ3v) is 5.35. The van der Waals surface area contributed by atoms with Gasteiger partial charge >= 0.3 is 0 Å². The summed E-state index contributed by atoms with van der Waals surface area (Å²) in [5.74, 6) is -0.0557. The van der Waals surface area contributed by atoms with E-state index in [2.05, 4.69) is 50.1 Å². The first kappa shape index (κ1) is 17.9. The third-order valence-electron chi connectivity index (χ3n) is 3.88. The molecule has 0 unspecified atom stereocenters. The summed E-state index contributed by atoms with van der Waals surface area (Å²) >= 11 is 5.08. The van der Waals surface area contributed by atoms with E-state index >= 15 is 0 Å². The maximum Gasteiger partial charge on any atom is 0.241 e. The highest BCUT2D eigenvalue weighted by molar-refractivity contribution is 9.10. The topological polar surface area (TPSA) is 41.1 Å². The fourth-order valence-electron chi connectivity index (χ4n) is 2.55. The van der Waals surface area contributed by atoms with E-state index in [0.29, 0.717) is 0 Å². The van der Waals surface area contributed by atoms with E-state index in [1.54, 1.807) is 11.3 Å². The highest BCUT2D eigenvalue weighted by atomic mass is 79.9. The minimum absolute atomic E-state index is 0.00753. The summed E-state index contributed by atoms with van der Waals surface area (Å²) in [6, 6.07) is 21.5. The van der Waals surface area contributed by atoms with Crippen molar-refractivity contribution in [2.45, 2.75) is 19.0 Å². The summed E-state index contributed by atoms with van der Waals surface area (Å²) in [5.41, 5.74) is 1.93. The highest BCUT2D eigenvalue weighted by Gasteiger charge is 2.21. The lowest BCUT2D eigenvalue weighted by Crippen LogP contribution is -2.40. The van der Waals surface area contributed by atoms with Gasteiger partial charge in [-0.3, -0.25) is 10.1 Å². The zero-order chi connectivity index (χ0) is 17.6. The number of carbonyl (C=O) groups is 1. The normalized spacial score (nSPS) is 13.2. The molecule has 0 radical (unpaired) electrons. The molecule has 0 fully saturated rings.